The van der Waals surface area contributed by atoms with Gasteiger partial charge in [0.25, 0.3) is 0 Å². The lowest BCUT2D eigenvalue weighted by Crippen LogP contribution is -2.44. The SMILES string of the molecule is CCOC(=O)[C@@H](COc1ccccc1)NC(c1ccccc1)c1ccccc1. The summed E-state index contributed by atoms with van der Waals surface area (Å²) in [6, 6.07) is 28.8. The van der Waals surface area contributed by atoms with Gasteiger partial charge in [0.05, 0.1) is 12.6 Å². The summed E-state index contributed by atoms with van der Waals surface area (Å²) in [7, 11) is 0. The summed E-state index contributed by atoms with van der Waals surface area (Å²) < 4.78 is 11.1. The van der Waals surface area contributed by atoms with Crippen LogP contribution in [-0.4, -0.2) is 25.2 Å². The molecule has 0 radical (unpaired) electrons. The maximum atomic E-state index is 12.6. The summed E-state index contributed by atoms with van der Waals surface area (Å²) in [4.78, 5) is 12.6. The van der Waals surface area contributed by atoms with E-state index < -0.39 is 6.04 Å². The van der Waals surface area contributed by atoms with E-state index >= 15 is 0 Å². The first-order valence-corrected chi connectivity index (χ1v) is 9.48. The van der Waals surface area contributed by atoms with Gasteiger partial charge >= 0.3 is 5.97 Å². The molecule has 0 aliphatic carbocycles. The van der Waals surface area contributed by atoms with Crippen molar-refractivity contribution < 1.29 is 14.3 Å². The maximum absolute atomic E-state index is 12.6. The normalized spacial score (nSPS) is 11.8. The molecule has 28 heavy (non-hydrogen) atoms. The molecule has 0 bridgehead atoms. The fourth-order valence-electron chi connectivity index (χ4n) is 3.00. The van der Waals surface area contributed by atoms with Crippen LogP contribution >= 0.6 is 0 Å². The van der Waals surface area contributed by atoms with E-state index in [2.05, 4.69) is 5.32 Å². The first-order valence-electron chi connectivity index (χ1n) is 9.48. The van der Waals surface area contributed by atoms with E-state index in [1.165, 1.54) is 0 Å². The van der Waals surface area contributed by atoms with Gasteiger partial charge < -0.3 is 9.47 Å². The number of rotatable bonds is 9. The molecule has 0 aromatic heterocycles. The number of hydrogen-bond acceptors (Lipinski definition) is 4. The third kappa shape index (κ3) is 5.44. The molecule has 3 rings (SSSR count). The Labute approximate surface area is 166 Å². The zero-order chi connectivity index (χ0) is 19.6. The lowest BCUT2D eigenvalue weighted by atomic mass is 9.98. The first-order chi connectivity index (χ1) is 13.8. The van der Waals surface area contributed by atoms with Crippen LogP contribution in [0.3, 0.4) is 0 Å². The van der Waals surface area contributed by atoms with Crippen molar-refractivity contribution >= 4 is 5.97 Å². The number of nitrogens with one attached hydrogen (secondary N) is 1. The van der Waals surface area contributed by atoms with Gasteiger partial charge in [0.1, 0.15) is 18.4 Å². The van der Waals surface area contributed by atoms with Crippen LogP contribution in [0.2, 0.25) is 0 Å². The number of benzene rings is 3. The van der Waals surface area contributed by atoms with Crippen molar-refractivity contribution in [2.75, 3.05) is 13.2 Å². The molecular weight excluding hydrogens is 350 g/mol. The summed E-state index contributed by atoms with van der Waals surface area (Å²) >= 11 is 0. The third-order valence-electron chi connectivity index (χ3n) is 4.36. The molecule has 144 valence electrons. The molecular formula is C24H25NO3. The van der Waals surface area contributed by atoms with Gasteiger partial charge in [0.2, 0.25) is 0 Å². The number of hydrogen-bond donors (Lipinski definition) is 1. The summed E-state index contributed by atoms with van der Waals surface area (Å²) in [5.41, 5.74) is 2.14. The van der Waals surface area contributed by atoms with Gasteiger partial charge in [-0.05, 0) is 30.2 Å². The van der Waals surface area contributed by atoms with Gasteiger partial charge in [-0.3, -0.25) is 10.1 Å². The molecule has 0 aliphatic heterocycles. The predicted molar refractivity (Wildman–Crippen MR) is 110 cm³/mol. The highest BCUT2D eigenvalue weighted by atomic mass is 16.5. The highest BCUT2D eigenvalue weighted by molar-refractivity contribution is 5.76. The van der Waals surface area contributed by atoms with Gasteiger partial charge in [-0.15, -0.1) is 0 Å². The lowest BCUT2D eigenvalue weighted by Gasteiger charge is -2.25. The summed E-state index contributed by atoms with van der Waals surface area (Å²) in [6.45, 7) is 2.31. The van der Waals surface area contributed by atoms with E-state index in [4.69, 9.17) is 9.47 Å². The summed E-state index contributed by atoms with van der Waals surface area (Å²) in [5, 5.41) is 3.44. The second-order valence-electron chi connectivity index (χ2n) is 6.35. The molecule has 0 heterocycles. The minimum atomic E-state index is -0.606. The zero-order valence-electron chi connectivity index (χ0n) is 16.0. The van der Waals surface area contributed by atoms with Crippen LogP contribution in [0.4, 0.5) is 0 Å². The van der Waals surface area contributed by atoms with Crippen LogP contribution in [0, 0.1) is 0 Å². The molecule has 4 heteroatoms. The summed E-state index contributed by atoms with van der Waals surface area (Å²) in [6.07, 6.45) is 0. The smallest absolute Gasteiger partial charge is 0.326 e. The molecule has 1 N–H and O–H groups in total. The molecule has 0 saturated heterocycles. The molecule has 0 amide bonds. The second-order valence-corrected chi connectivity index (χ2v) is 6.35. The van der Waals surface area contributed by atoms with Crippen LogP contribution < -0.4 is 10.1 Å². The van der Waals surface area contributed by atoms with Crippen molar-refractivity contribution in [3.63, 3.8) is 0 Å². The Hall–Kier alpha value is -3.11. The number of para-hydroxylation sites is 1. The van der Waals surface area contributed by atoms with E-state index in [0.717, 1.165) is 16.9 Å². The largest absolute Gasteiger partial charge is 0.491 e. The standard InChI is InChI=1S/C24H25NO3/c1-2-27-24(26)22(18-28-21-16-10-5-11-17-21)25-23(19-12-6-3-7-13-19)20-14-8-4-9-15-20/h3-17,22-23,25H,2,18H2,1H3/t22-/m1/s1. The molecule has 0 unspecified atom stereocenters. The number of carbonyl (C=O) groups excluding carboxylic acids is 1. The van der Waals surface area contributed by atoms with Crippen molar-refractivity contribution in [2.45, 2.75) is 19.0 Å². The van der Waals surface area contributed by atoms with E-state index in [1.807, 2.05) is 91.0 Å². The summed E-state index contributed by atoms with van der Waals surface area (Å²) in [5.74, 6) is 0.393. The minimum absolute atomic E-state index is 0.156. The molecule has 0 aliphatic rings. The van der Waals surface area contributed by atoms with Crippen LogP contribution in [0.15, 0.2) is 91.0 Å². The first kappa shape index (κ1) is 19.6. The minimum Gasteiger partial charge on any atom is -0.491 e. The van der Waals surface area contributed by atoms with Crippen LogP contribution in [0.1, 0.15) is 24.1 Å². The van der Waals surface area contributed by atoms with E-state index in [0.29, 0.717) is 6.61 Å². The third-order valence-corrected chi connectivity index (χ3v) is 4.36. The number of carbonyl (C=O) groups is 1. The average Bonchev–Trinajstić information content (AvgIpc) is 2.76. The maximum Gasteiger partial charge on any atom is 0.326 e. The fraction of sp³-hybridized carbons (Fsp3) is 0.208. The molecule has 0 fully saturated rings. The number of esters is 1. The van der Waals surface area contributed by atoms with Crippen LogP contribution in [0.25, 0.3) is 0 Å². The van der Waals surface area contributed by atoms with Gasteiger partial charge in [0.15, 0.2) is 0 Å². The molecule has 4 nitrogen and oxygen atoms in total. The topological polar surface area (TPSA) is 47.6 Å². The van der Waals surface area contributed by atoms with Crippen LogP contribution in [0.5, 0.6) is 5.75 Å². The Morgan fingerprint density at radius 3 is 1.82 bits per heavy atom. The monoisotopic (exact) mass is 375 g/mol. The van der Waals surface area contributed by atoms with Gasteiger partial charge in [-0.2, -0.15) is 0 Å². The average molecular weight is 375 g/mol. The van der Waals surface area contributed by atoms with E-state index in [-0.39, 0.29) is 18.6 Å². The zero-order valence-corrected chi connectivity index (χ0v) is 16.0. The Kier molecular flexibility index (Phi) is 7.21. The highest BCUT2D eigenvalue weighted by Crippen LogP contribution is 2.23. The van der Waals surface area contributed by atoms with E-state index in [9.17, 15) is 4.79 Å². The quantitative estimate of drug-likeness (QED) is 0.564. The lowest BCUT2D eigenvalue weighted by molar-refractivity contribution is -0.146. The Balaban J connectivity index is 1.83. The molecule has 0 spiro atoms. The van der Waals surface area contributed by atoms with Crippen LogP contribution in [-0.2, 0) is 9.53 Å². The van der Waals surface area contributed by atoms with Gasteiger partial charge in [0, 0.05) is 0 Å². The van der Waals surface area contributed by atoms with Gasteiger partial charge in [-0.1, -0.05) is 78.9 Å². The predicted octanol–water partition coefficient (Wildman–Crippen LogP) is 4.38. The van der Waals surface area contributed by atoms with Crippen molar-refractivity contribution in [2.24, 2.45) is 0 Å². The van der Waals surface area contributed by atoms with Crippen molar-refractivity contribution in [3.8, 4) is 5.75 Å². The molecule has 3 aromatic carbocycles. The molecule has 0 saturated carbocycles. The van der Waals surface area contributed by atoms with Crippen molar-refractivity contribution in [1.82, 2.24) is 5.32 Å². The Morgan fingerprint density at radius 1 is 0.821 bits per heavy atom. The van der Waals surface area contributed by atoms with Crippen molar-refractivity contribution in [3.05, 3.63) is 102 Å². The Morgan fingerprint density at radius 2 is 1.32 bits per heavy atom. The highest BCUT2D eigenvalue weighted by Gasteiger charge is 2.26. The Bertz CT molecular complexity index is 798. The molecule has 3 aromatic rings. The number of ether oxygens (including phenoxy) is 2. The molecule has 1 atom stereocenters. The van der Waals surface area contributed by atoms with Gasteiger partial charge in [-0.25, -0.2) is 0 Å². The fourth-order valence-corrected chi connectivity index (χ4v) is 3.00. The van der Waals surface area contributed by atoms with E-state index in [1.54, 1.807) is 6.92 Å². The second kappa shape index (κ2) is 10.3. The van der Waals surface area contributed by atoms with Crippen molar-refractivity contribution in [1.29, 1.82) is 0 Å².